The highest BCUT2D eigenvalue weighted by atomic mass is 16.5. The number of rotatable bonds is 4. The van der Waals surface area contributed by atoms with E-state index in [1.54, 1.807) is 13.0 Å². The van der Waals surface area contributed by atoms with E-state index < -0.39 is 0 Å². The highest BCUT2D eigenvalue weighted by Crippen LogP contribution is 2.10. The molecule has 0 aromatic heterocycles. The normalized spacial score (nSPS) is 13.7. The fraction of sp³-hybridized carbons (Fsp3) is 0.600. The smallest absolute Gasteiger partial charge is 0.307 e. The van der Waals surface area contributed by atoms with Crippen molar-refractivity contribution in [2.24, 2.45) is 5.92 Å². The molecule has 0 bridgehead atoms. The maximum Gasteiger partial charge on any atom is 0.307 e. The predicted octanol–water partition coefficient (Wildman–Crippen LogP) is 2.07. The van der Waals surface area contributed by atoms with E-state index in [9.17, 15) is 9.59 Å². The third-order valence-electron chi connectivity index (χ3n) is 1.70. The summed E-state index contributed by atoms with van der Waals surface area (Å²) in [4.78, 5) is 21.6. The molecule has 0 saturated heterocycles. The summed E-state index contributed by atoms with van der Waals surface area (Å²) in [5.74, 6) is 0.0926. The van der Waals surface area contributed by atoms with Crippen molar-refractivity contribution in [1.82, 2.24) is 0 Å². The van der Waals surface area contributed by atoms with Crippen LogP contribution in [0, 0.1) is 5.92 Å². The van der Waals surface area contributed by atoms with Crippen molar-refractivity contribution in [2.45, 2.75) is 34.1 Å². The van der Waals surface area contributed by atoms with Crippen LogP contribution in [-0.4, -0.2) is 11.8 Å². The lowest BCUT2D eigenvalue weighted by Gasteiger charge is -2.07. The quantitative estimate of drug-likeness (QED) is 0.496. The van der Waals surface area contributed by atoms with Crippen molar-refractivity contribution < 1.29 is 14.3 Å². The van der Waals surface area contributed by atoms with Crippen LogP contribution in [-0.2, 0) is 14.3 Å². The fourth-order valence-corrected chi connectivity index (χ4v) is 1.07. The molecule has 0 fully saturated rings. The second-order valence-corrected chi connectivity index (χ2v) is 3.00. The van der Waals surface area contributed by atoms with Crippen LogP contribution in [0.4, 0.5) is 0 Å². The monoisotopic (exact) mass is 184 g/mol. The highest BCUT2D eigenvalue weighted by Gasteiger charge is 2.09. The first-order valence-corrected chi connectivity index (χ1v) is 4.34. The molecule has 1 atom stereocenters. The molecule has 0 rings (SSSR count). The van der Waals surface area contributed by atoms with Gasteiger partial charge in [0.15, 0.2) is 0 Å². The lowest BCUT2D eigenvalue weighted by molar-refractivity contribution is -0.137. The van der Waals surface area contributed by atoms with Gasteiger partial charge in [0, 0.05) is 12.8 Å². The third kappa shape index (κ3) is 5.17. The van der Waals surface area contributed by atoms with Crippen molar-refractivity contribution in [1.29, 1.82) is 0 Å². The molecule has 0 aliphatic rings. The van der Waals surface area contributed by atoms with Crippen LogP contribution in [0.2, 0.25) is 0 Å². The summed E-state index contributed by atoms with van der Waals surface area (Å²) in [7, 11) is 0. The molecular formula is C10H16O3. The lowest BCUT2D eigenvalue weighted by Crippen LogP contribution is -2.08. The van der Waals surface area contributed by atoms with Gasteiger partial charge in [0.25, 0.3) is 0 Å². The Morgan fingerprint density at radius 1 is 1.31 bits per heavy atom. The molecule has 0 aliphatic heterocycles. The summed E-state index contributed by atoms with van der Waals surface area (Å²) >= 11 is 0. The summed E-state index contributed by atoms with van der Waals surface area (Å²) in [6, 6.07) is 0. The van der Waals surface area contributed by atoms with E-state index >= 15 is 0 Å². The number of ether oxygens (including phenoxy) is 1. The average Bonchev–Trinajstić information content (AvgIpc) is 1.98. The van der Waals surface area contributed by atoms with Crippen LogP contribution >= 0.6 is 0 Å². The topological polar surface area (TPSA) is 43.4 Å². The Labute approximate surface area is 78.8 Å². The molecule has 0 aromatic carbocycles. The van der Waals surface area contributed by atoms with Gasteiger partial charge in [0.1, 0.15) is 11.5 Å². The van der Waals surface area contributed by atoms with E-state index in [0.29, 0.717) is 5.76 Å². The van der Waals surface area contributed by atoms with E-state index in [1.807, 2.05) is 6.92 Å². The van der Waals surface area contributed by atoms with Crippen LogP contribution < -0.4 is 0 Å². The molecule has 13 heavy (non-hydrogen) atoms. The van der Waals surface area contributed by atoms with Gasteiger partial charge in [-0.25, -0.2) is 0 Å². The first kappa shape index (κ1) is 11.9. The molecule has 0 aromatic rings. The number of esters is 1. The molecule has 0 amide bonds. The molecule has 74 valence electrons. The maximum atomic E-state index is 11.0. The Balaban J connectivity index is 4.32. The van der Waals surface area contributed by atoms with Gasteiger partial charge in [-0.2, -0.15) is 0 Å². The zero-order valence-corrected chi connectivity index (χ0v) is 8.59. The van der Waals surface area contributed by atoms with Gasteiger partial charge in [-0.05, 0) is 26.3 Å². The summed E-state index contributed by atoms with van der Waals surface area (Å²) in [6.07, 6.45) is 2.41. The molecule has 0 unspecified atom stereocenters. The van der Waals surface area contributed by atoms with E-state index in [1.165, 1.54) is 13.8 Å². The number of hydrogen-bond donors (Lipinski definition) is 0. The van der Waals surface area contributed by atoms with Crippen molar-refractivity contribution >= 4 is 11.8 Å². The van der Waals surface area contributed by atoms with E-state index in [-0.39, 0.29) is 17.7 Å². The lowest BCUT2D eigenvalue weighted by atomic mass is 10.0. The van der Waals surface area contributed by atoms with Crippen LogP contribution in [0.25, 0.3) is 0 Å². The minimum atomic E-state index is -0.354. The van der Waals surface area contributed by atoms with Gasteiger partial charge >= 0.3 is 5.97 Å². The van der Waals surface area contributed by atoms with Gasteiger partial charge in [-0.1, -0.05) is 6.92 Å². The van der Waals surface area contributed by atoms with Gasteiger partial charge in [-0.15, -0.1) is 0 Å². The second kappa shape index (κ2) is 5.51. The maximum absolute atomic E-state index is 11.0. The number of hydrogen-bond acceptors (Lipinski definition) is 3. The Morgan fingerprint density at radius 3 is 2.15 bits per heavy atom. The first-order valence-electron chi connectivity index (χ1n) is 4.34. The summed E-state index contributed by atoms with van der Waals surface area (Å²) in [5.41, 5.74) is 0. The third-order valence-corrected chi connectivity index (χ3v) is 1.70. The zero-order valence-electron chi connectivity index (χ0n) is 8.59. The molecule has 0 radical (unpaired) electrons. The molecule has 0 aliphatic carbocycles. The molecule has 0 N–H and O–H groups in total. The van der Waals surface area contributed by atoms with E-state index in [0.717, 1.165) is 6.42 Å². The fourth-order valence-electron chi connectivity index (χ4n) is 1.07. The van der Waals surface area contributed by atoms with Crippen molar-refractivity contribution in [3.63, 3.8) is 0 Å². The molecule has 0 spiro atoms. The van der Waals surface area contributed by atoms with Crippen LogP contribution in [0.3, 0.4) is 0 Å². The zero-order chi connectivity index (χ0) is 10.4. The van der Waals surface area contributed by atoms with Gasteiger partial charge in [-0.3, -0.25) is 9.59 Å². The number of carbonyl (C=O) groups excluding carboxylic acids is 2. The molecule has 3 heteroatoms. The van der Waals surface area contributed by atoms with Crippen molar-refractivity contribution in [3.05, 3.63) is 11.8 Å². The van der Waals surface area contributed by atoms with Crippen LogP contribution in [0.5, 0.6) is 0 Å². The van der Waals surface area contributed by atoms with E-state index in [4.69, 9.17) is 4.74 Å². The van der Waals surface area contributed by atoms with Gasteiger partial charge in [0.05, 0.1) is 0 Å². The van der Waals surface area contributed by atoms with E-state index in [2.05, 4.69) is 0 Å². The largest absolute Gasteiger partial charge is 0.432 e. The molecule has 3 nitrogen and oxygen atoms in total. The Hall–Kier alpha value is -1.12. The minimum absolute atomic E-state index is 0.0917. The highest BCUT2D eigenvalue weighted by molar-refractivity contribution is 5.80. The molecule has 0 heterocycles. The van der Waals surface area contributed by atoms with Gasteiger partial charge in [0.2, 0.25) is 0 Å². The van der Waals surface area contributed by atoms with Crippen LogP contribution in [0.1, 0.15) is 34.1 Å². The first-order chi connectivity index (χ1) is 5.97. The van der Waals surface area contributed by atoms with Crippen LogP contribution in [0.15, 0.2) is 11.8 Å². The average molecular weight is 184 g/mol. The minimum Gasteiger partial charge on any atom is -0.432 e. The Bertz CT molecular complexity index is 228. The number of carbonyl (C=O) groups is 2. The summed E-state index contributed by atoms with van der Waals surface area (Å²) in [5, 5.41) is 0. The number of ketones is 1. The van der Waals surface area contributed by atoms with Gasteiger partial charge < -0.3 is 4.74 Å². The Kier molecular flexibility index (Phi) is 5.04. The van der Waals surface area contributed by atoms with Crippen molar-refractivity contribution in [2.75, 3.05) is 0 Å². The molecule has 0 saturated carbocycles. The second-order valence-electron chi connectivity index (χ2n) is 3.00. The SMILES string of the molecule is CC[C@@H](/C=C(/C)OC(C)=O)C(C)=O. The standard InChI is InChI=1S/C10H16O3/c1-5-10(8(3)11)6-7(2)13-9(4)12/h6,10H,5H2,1-4H3/b7-6-/t10-/m0/s1. The number of allylic oxidation sites excluding steroid dienone is 2. The van der Waals surface area contributed by atoms with Crippen molar-refractivity contribution in [3.8, 4) is 0 Å². The number of Topliss-reactive ketones (excluding diaryl/α,β-unsaturated/α-hetero) is 1. The summed E-state index contributed by atoms with van der Waals surface area (Å²) < 4.78 is 4.80. The predicted molar refractivity (Wildman–Crippen MR) is 50.0 cm³/mol. The summed E-state index contributed by atoms with van der Waals surface area (Å²) in [6.45, 7) is 6.47. The molecular weight excluding hydrogens is 168 g/mol. The Morgan fingerprint density at radius 2 is 1.85 bits per heavy atom.